The van der Waals surface area contributed by atoms with E-state index in [1.807, 2.05) is 33.8 Å². The minimum Gasteiger partial charge on any atom is -0.489 e. The number of hydrogen-bond donors (Lipinski definition) is 0. The predicted octanol–water partition coefficient (Wildman–Crippen LogP) is 2.68. The van der Waals surface area contributed by atoms with Gasteiger partial charge in [0.05, 0.1) is 29.1 Å². The Bertz CT molecular complexity index is 515. The summed E-state index contributed by atoms with van der Waals surface area (Å²) < 4.78 is 18.6. The van der Waals surface area contributed by atoms with E-state index in [-0.39, 0.29) is 11.2 Å². The monoisotopic (exact) mass is 339 g/mol. The van der Waals surface area contributed by atoms with Crippen LogP contribution in [0.3, 0.4) is 0 Å². The van der Waals surface area contributed by atoms with Crippen LogP contribution >= 0.6 is 15.9 Å². The van der Waals surface area contributed by atoms with E-state index in [9.17, 15) is 0 Å². The van der Waals surface area contributed by atoms with Gasteiger partial charge >= 0.3 is 7.12 Å². The molecule has 1 aromatic heterocycles. The molecular formula is C14H19BBrNO3. The molecule has 108 valence electrons. The van der Waals surface area contributed by atoms with Crippen molar-refractivity contribution in [2.45, 2.75) is 57.8 Å². The van der Waals surface area contributed by atoms with Crippen LogP contribution in [0.4, 0.5) is 0 Å². The van der Waals surface area contributed by atoms with Gasteiger partial charge in [-0.1, -0.05) is 0 Å². The zero-order chi connectivity index (χ0) is 14.5. The van der Waals surface area contributed by atoms with E-state index < -0.39 is 7.12 Å². The maximum absolute atomic E-state index is 6.01. The summed E-state index contributed by atoms with van der Waals surface area (Å²) >= 11 is 3.54. The van der Waals surface area contributed by atoms with E-state index in [1.165, 1.54) is 0 Å². The maximum Gasteiger partial charge on any atom is 0.515 e. The lowest BCUT2D eigenvalue weighted by molar-refractivity contribution is 0.00578. The molecule has 1 aromatic rings. The van der Waals surface area contributed by atoms with Crippen LogP contribution in [0, 0.1) is 0 Å². The fraction of sp³-hybridized carbons (Fsp3) is 0.643. The van der Waals surface area contributed by atoms with E-state index in [0.29, 0.717) is 6.10 Å². The van der Waals surface area contributed by atoms with Crippen LogP contribution in [0.5, 0.6) is 5.75 Å². The molecule has 1 aliphatic heterocycles. The van der Waals surface area contributed by atoms with Crippen molar-refractivity contribution in [1.82, 2.24) is 4.98 Å². The summed E-state index contributed by atoms with van der Waals surface area (Å²) in [6.07, 6.45) is 4.38. The zero-order valence-corrected chi connectivity index (χ0v) is 13.9. The Morgan fingerprint density at radius 3 is 2.35 bits per heavy atom. The number of nitrogens with zero attached hydrogens (tertiary/aromatic N) is 1. The van der Waals surface area contributed by atoms with Gasteiger partial charge in [-0.2, -0.15) is 0 Å². The average Bonchev–Trinajstić information content (AvgIpc) is 3.07. The molecule has 0 bridgehead atoms. The van der Waals surface area contributed by atoms with Gasteiger partial charge < -0.3 is 14.0 Å². The molecule has 4 nitrogen and oxygen atoms in total. The van der Waals surface area contributed by atoms with Crippen LogP contribution in [0.25, 0.3) is 0 Å². The average molecular weight is 340 g/mol. The highest BCUT2D eigenvalue weighted by molar-refractivity contribution is 9.10. The molecule has 1 saturated heterocycles. The van der Waals surface area contributed by atoms with Crippen LogP contribution in [0.1, 0.15) is 40.5 Å². The molecule has 0 amide bonds. The number of aromatic nitrogens is 1. The first-order valence-electron chi connectivity index (χ1n) is 6.96. The van der Waals surface area contributed by atoms with Gasteiger partial charge in [0.1, 0.15) is 5.75 Å². The van der Waals surface area contributed by atoms with E-state index in [1.54, 1.807) is 6.20 Å². The van der Waals surface area contributed by atoms with E-state index in [0.717, 1.165) is 28.7 Å². The summed E-state index contributed by atoms with van der Waals surface area (Å²) in [5.41, 5.74) is 0.0380. The number of rotatable bonds is 3. The number of hydrogen-bond acceptors (Lipinski definition) is 4. The number of pyridine rings is 1. The molecule has 1 saturated carbocycles. The molecule has 6 heteroatoms. The Morgan fingerprint density at radius 1 is 1.25 bits per heavy atom. The molecule has 0 atom stereocenters. The standard InChI is InChI=1S/C14H19BBrNO3/c1-13(2)14(3,4)20-15(19-13)12-11(16)7-10(8-17-12)18-9-5-6-9/h7-9H,5-6H2,1-4H3. The lowest BCUT2D eigenvalue weighted by Crippen LogP contribution is -2.41. The lowest BCUT2D eigenvalue weighted by Gasteiger charge is -2.32. The zero-order valence-electron chi connectivity index (χ0n) is 12.3. The van der Waals surface area contributed by atoms with Crippen LogP contribution in [0.15, 0.2) is 16.7 Å². The molecule has 1 aliphatic carbocycles. The molecule has 0 radical (unpaired) electrons. The van der Waals surface area contributed by atoms with Crippen molar-refractivity contribution in [3.05, 3.63) is 16.7 Å². The first-order valence-corrected chi connectivity index (χ1v) is 7.75. The summed E-state index contributed by atoms with van der Waals surface area (Å²) in [5, 5.41) is 0. The van der Waals surface area contributed by atoms with Crippen molar-refractivity contribution in [3.63, 3.8) is 0 Å². The summed E-state index contributed by atoms with van der Waals surface area (Å²) in [4.78, 5) is 4.45. The molecule has 0 N–H and O–H groups in total. The fourth-order valence-electron chi connectivity index (χ4n) is 2.00. The molecule has 2 aliphatic rings. The molecular weight excluding hydrogens is 321 g/mol. The number of ether oxygens (including phenoxy) is 1. The molecule has 0 aromatic carbocycles. The quantitative estimate of drug-likeness (QED) is 0.794. The minimum absolute atomic E-state index is 0.359. The Hall–Kier alpha value is -0.585. The molecule has 2 fully saturated rings. The van der Waals surface area contributed by atoms with Crippen molar-refractivity contribution in [2.24, 2.45) is 0 Å². The Morgan fingerprint density at radius 2 is 1.85 bits per heavy atom. The van der Waals surface area contributed by atoms with E-state index in [4.69, 9.17) is 14.0 Å². The molecule has 0 unspecified atom stereocenters. The SMILES string of the molecule is CC1(C)OB(c2ncc(OC3CC3)cc2Br)OC1(C)C. The smallest absolute Gasteiger partial charge is 0.489 e. The van der Waals surface area contributed by atoms with E-state index >= 15 is 0 Å². The second-order valence-corrected chi connectivity index (χ2v) is 7.30. The summed E-state index contributed by atoms with van der Waals surface area (Å²) in [6.45, 7) is 8.13. The highest BCUT2D eigenvalue weighted by Gasteiger charge is 2.52. The van der Waals surface area contributed by atoms with Crippen LogP contribution in [-0.2, 0) is 9.31 Å². The molecule has 20 heavy (non-hydrogen) atoms. The largest absolute Gasteiger partial charge is 0.515 e. The molecule has 2 heterocycles. The third-order valence-corrected chi connectivity index (χ3v) is 4.78. The Kier molecular flexibility index (Phi) is 3.38. The normalized spacial score (nSPS) is 23.9. The topological polar surface area (TPSA) is 40.6 Å². The Balaban J connectivity index is 1.80. The van der Waals surface area contributed by atoms with Crippen LogP contribution in [0.2, 0.25) is 0 Å². The number of halogens is 1. The van der Waals surface area contributed by atoms with Gasteiger partial charge in [-0.05, 0) is 62.5 Å². The van der Waals surface area contributed by atoms with Crippen molar-refractivity contribution in [1.29, 1.82) is 0 Å². The molecule has 0 spiro atoms. The van der Waals surface area contributed by atoms with Crippen molar-refractivity contribution in [2.75, 3.05) is 0 Å². The first-order chi connectivity index (χ1) is 9.28. The van der Waals surface area contributed by atoms with Gasteiger partial charge in [0.2, 0.25) is 0 Å². The Labute approximate surface area is 128 Å². The van der Waals surface area contributed by atoms with Crippen molar-refractivity contribution >= 4 is 28.6 Å². The van der Waals surface area contributed by atoms with Crippen LogP contribution in [-0.4, -0.2) is 29.4 Å². The van der Waals surface area contributed by atoms with Gasteiger partial charge in [-0.25, -0.2) is 0 Å². The van der Waals surface area contributed by atoms with Gasteiger partial charge in [0.25, 0.3) is 0 Å². The van der Waals surface area contributed by atoms with Crippen molar-refractivity contribution < 1.29 is 14.0 Å². The highest BCUT2D eigenvalue weighted by Crippen LogP contribution is 2.37. The van der Waals surface area contributed by atoms with Crippen molar-refractivity contribution in [3.8, 4) is 5.75 Å². The third kappa shape index (κ3) is 2.61. The summed E-state index contributed by atoms with van der Waals surface area (Å²) in [5.74, 6) is 0.791. The van der Waals surface area contributed by atoms with Gasteiger partial charge in [0, 0.05) is 4.47 Å². The molecule has 3 rings (SSSR count). The minimum atomic E-state index is -0.454. The third-order valence-electron chi connectivity index (χ3n) is 4.15. The van der Waals surface area contributed by atoms with E-state index in [2.05, 4.69) is 20.9 Å². The fourth-order valence-corrected chi connectivity index (χ4v) is 2.52. The van der Waals surface area contributed by atoms with Crippen LogP contribution < -0.4 is 10.3 Å². The first kappa shape index (κ1) is 14.4. The van der Waals surface area contributed by atoms with Gasteiger partial charge in [0.15, 0.2) is 0 Å². The highest BCUT2D eigenvalue weighted by atomic mass is 79.9. The van der Waals surface area contributed by atoms with Gasteiger partial charge in [-0.3, -0.25) is 4.98 Å². The maximum atomic E-state index is 6.01. The second kappa shape index (κ2) is 4.72. The lowest BCUT2D eigenvalue weighted by atomic mass is 9.84. The second-order valence-electron chi connectivity index (χ2n) is 6.44. The summed E-state index contributed by atoms with van der Waals surface area (Å²) in [7, 11) is -0.454. The summed E-state index contributed by atoms with van der Waals surface area (Å²) in [6, 6.07) is 1.94. The predicted molar refractivity (Wildman–Crippen MR) is 81.3 cm³/mol. The van der Waals surface area contributed by atoms with Gasteiger partial charge in [-0.15, -0.1) is 0 Å².